The first-order valence-corrected chi connectivity index (χ1v) is 9.87. The second-order valence-electron chi connectivity index (χ2n) is 7.59. The normalized spacial score (nSPS) is 20.3. The Kier molecular flexibility index (Phi) is 6.31. The monoisotopic (exact) mass is 390 g/mol. The third kappa shape index (κ3) is 4.34. The highest BCUT2D eigenvalue weighted by molar-refractivity contribution is 5.83. The van der Waals surface area contributed by atoms with E-state index in [1.807, 2.05) is 24.0 Å². The maximum atomic E-state index is 12.8. The zero-order valence-corrected chi connectivity index (χ0v) is 17.1. The molecule has 0 spiro atoms. The summed E-state index contributed by atoms with van der Waals surface area (Å²) in [6.07, 6.45) is 3.66. The van der Waals surface area contributed by atoms with Crippen molar-refractivity contribution in [2.24, 2.45) is 11.8 Å². The summed E-state index contributed by atoms with van der Waals surface area (Å²) >= 11 is 0. The zero-order chi connectivity index (χ0) is 20.3. The van der Waals surface area contributed by atoms with Gasteiger partial charge < -0.3 is 24.4 Å². The molecule has 1 saturated heterocycles. The summed E-state index contributed by atoms with van der Waals surface area (Å²) in [6, 6.07) is 3.46. The number of methoxy groups -OCH3 is 3. The van der Waals surface area contributed by atoms with E-state index in [1.165, 1.54) is 0 Å². The minimum Gasteiger partial charge on any atom is -0.493 e. The number of hydrogen-bond acceptors (Lipinski definition) is 5. The van der Waals surface area contributed by atoms with Gasteiger partial charge in [0.2, 0.25) is 17.6 Å². The van der Waals surface area contributed by atoms with Gasteiger partial charge in [-0.25, -0.2) is 0 Å². The molecule has 1 aromatic rings. The number of nitrogens with one attached hydrogen (secondary N) is 1. The standard InChI is InChI=1S/C21H30N2O5/c1-13(16-10-17(26-2)19(28-4)18(11-16)27-3)22-20(24)15-6-5-9-23(12-15)21(25)14-7-8-14/h10-11,13-15H,5-9,12H2,1-4H3,(H,22,24). The second kappa shape index (κ2) is 8.71. The van der Waals surface area contributed by atoms with Crippen LogP contribution >= 0.6 is 0 Å². The number of nitrogens with zero attached hydrogens (tertiary/aromatic N) is 1. The first kappa shape index (κ1) is 20.3. The number of ether oxygens (including phenoxy) is 3. The van der Waals surface area contributed by atoms with Crippen LogP contribution in [0.4, 0.5) is 0 Å². The third-order valence-electron chi connectivity index (χ3n) is 5.58. The number of carbonyl (C=O) groups excluding carboxylic acids is 2. The van der Waals surface area contributed by atoms with E-state index in [1.54, 1.807) is 21.3 Å². The van der Waals surface area contributed by atoms with Crippen LogP contribution in [0, 0.1) is 11.8 Å². The summed E-state index contributed by atoms with van der Waals surface area (Å²) in [6.45, 7) is 3.21. The molecule has 2 atom stereocenters. The molecule has 2 amide bonds. The van der Waals surface area contributed by atoms with E-state index in [2.05, 4.69) is 5.32 Å². The van der Waals surface area contributed by atoms with Gasteiger partial charge in [0.05, 0.1) is 33.3 Å². The number of rotatable bonds is 7. The van der Waals surface area contributed by atoms with Crippen LogP contribution in [0.15, 0.2) is 12.1 Å². The molecule has 28 heavy (non-hydrogen) atoms. The third-order valence-corrected chi connectivity index (χ3v) is 5.58. The lowest BCUT2D eigenvalue weighted by Crippen LogP contribution is -2.46. The maximum Gasteiger partial charge on any atom is 0.225 e. The van der Waals surface area contributed by atoms with Crippen LogP contribution in [0.2, 0.25) is 0 Å². The largest absolute Gasteiger partial charge is 0.493 e. The van der Waals surface area contributed by atoms with Crippen molar-refractivity contribution in [3.63, 3.8) is 0 Å². The van der Waals surface area contributed by atoms with Crippen LogP contribution in [-0.4, -0.2) is 51.1 Å². The average molecular weight is 390 g/mol. The number of benzene rings is 1. The molecule has 154 valence electrons. The Morgan fingerprint density at radius 1 is 1.04 bits per heavy atom. The highest BCUT2D eigenvalue weighted by Gasteiger charge is 2.36. The van der Waals surface area contributed by atoms with E-state index in [0.29, 0.717) is 23.8 Å². The van der Waals surface area contributed by atoms with E-state index in [4.69, 9.17) is 14.2 Å². The van der Waals surface area contributed by atoms with Gasteiger partial charge in [0.1, 0.15) is 0 Å². The molecule has 7 nitrogen and oxygen atoms in total. The Balaban J connectivity index is 1.67. The van der Waals surface area contributed by atoms with Gasteiger partial charge in [-0.15, -0.1) is 0 Å². The molecular weight excluding hydrogens is 360 g/mol. The number of hydrogen-bond donors (Lipinski definition) is 1. The van der Waals surface area contributed by atoms with Crippen molar-refractivity contribution in [1.82, 2.24) is 10.2 Å². The molecular formula is C21H30N2O5. The maximum absolute atomic E-state index is 12.8. The minimum atomic E-state index is -0.226. The van der Waals surface area contributed by atoms with Crippen molar-refractivity contribution >= 4 is 11.8 Å². The van der Waals surface area contributed by atoms with Gasteiger partial charge in [-0.05, 0) is 50.3 Å². The van der Waals surface area contributed by atoms with E-state index in [0.717, 1.165) is 37.8 Å². The van der Waals surface area contributed by atoms with Crippen LogP contribution < -0.4 is 19.5 Å². The van der Waals surface area contributed by atoms with Gasteiger partial charge >= 0.3 is 0 Å². The van der Waals surface area contributed by atoms with Crippen LogP contribution in [0.5, 0.6) is 17.2 Å². The predicted octanol–water partition coefficient (Wildman–Crippen LogP) is 2.54. The first-order valence-electron chi connectivity index (χ1n) is 9.87. The predicted molar refractivity (Wildman–Crippen MR) is 105 cm³/mol. The second-order valence-corrected chi connectivity index (χ2v) is 7.59. The summed E-state index contributed by atoms with van der Waals surface area (Å²) in [5, 5.41) is 3.08. The van der Waals surface area contributed by atoms with Crippen LogP contribution in [0.3, 0.4) is 0 Å². The molecule has 0 bridgehead atoms. The molecule has 2 aliphatic rings. The quantitative estimate of drug-likeness (QED) is 0.774. The lowest BCUT2D eigenvalue weighted by Gasteiger charge is -2.33. The zero-order valence-electron chi connectivity index (χ0n) is 17.1. The molecule has 1 aliphatic carbocycles. The van der Waals surface area contributed by atoms with Gasteiger partial charge in [-0.2, -0.15) is 0 Å². The van der Waals surface area contributed by atoms with E-state index in [-0.39, 0.29) is 29.7 Å². The fourth-order valence-electron chi connectivity index (χ4n) is 3.75. The van der Waals surface area contributed by atoms with Crippen LogP contribution in [0.25, 0.3) is 0 Å². The fourth-order valence-corrected chi connectivity index (χ4v) is 3.75. The van der Waals surface area contributed by atoms with Gasteiger partial charge in [0.15, 0.2) is 11.5 Å². The lowest BCUT2D eigenvalue weighted by atomic mass is 9.96. The van der Waals surface area contributed by atoms with E-state index >= 15 is 0 Å². The smallest absolute Gasteiger partial charge is 0.225 e. The van der Waals surface area contributed by atoms with Gasteiger partial charge in [0.25, 0.3) is 0 Å². The van der Waals surface area contributed by atoms with Crippen molar-refractivity contribution in [1.29, 1.82) is 0 Å². The molecule has 1 aromatic carbocycles. The van der Waals surface area contributed by atoms with Gasteiger partial charge in [0, 0.05) is 19.0 Å². The summed E-state index contributed by atoms with van der Waals surface area (Å²) in [5.41, 5.74) is 0.865. The van der Waals surface area contributed by atoms with Crippen molar-refractivity contribution < 1.29 is 23.8 Å². The molecule has 0 radical (unpaired) electrons. The summed E-state index contributed by atoms with van der Waals surface area (Å²) in [5.74, 6) is 1.85. The Morgan fingerprint density at radius 2 is 1.68 bits per heavy atom. The average Bonchev–Trinajstić information content (AvgIpc) is 3.57. The molecule has 2 unspecified atom stereocenters. The number of likely N-dealkylation sites (tertiary alicyclic amines) is 1. The molecule has 0 aromatic heterocycles. The molecule has 7 heteroatoms. The fraction of sp³-hybridized carbons (Fsp3) is 0.619. The number of carbonyl (C=O) groups is 2. The van der Waals surface area contributed by atoms with Crippen molar-refractivity contribution in [3.8, 4) is 17.2 Å². The Hall–Kier alpha value is -2.44. The van der Waals surface area contributed by atoms with Crippen molar-refractivity contribution in [2.45, 2.75) is 38.6 Å². The van der Waals surface area contributed by atoms with E-state index < -0.39 is 0 Å². The van der Waals surface area contributed by atoms with Gasteiger partial charge in [-0.1, -0.05) is 0 Å². The van der Waals surface area contributed by atoms with Crippen LogP contribution in [0.1, 0.15) is 44.2 Å². The summed E-state index contributed by atoms with van der Waals surface area (Å²) in [4.78, 5) is 27.0. The number of piperidine rings is 1. The Labute approximate surface area is 166 Å². The minimum absolute atomic E-state index is 0.0189. The molecule has 2 fully saturated rings. The molecule has 1 saturated carbocycles. The Morgan fingerprint density at radius 3 is 2.21 bits per heavy atom. The number of amides is 2. The van der Waals surface area contributed by atoms with Gasteiger partial charge in [-0.3, -0.25) is 9.59 Å². The van der Waals surface area contributed by atoms with Crippen molar-refractivity contribution in [3.05, 3.63) is 17.7 Å². The molecule has 1 heterocycles. The molecule has 1 N–H and O–H groups in total. The highest BCUT2D eigenvalue weighted by Crippen LogP contribution is 2.39. The summed E-state index contributed by atoms with van der Waals surface area (Å²) in [7, 11) is 4.69. The lowest BCUT2D eigenvalue weighted by molar-refractivity contribution is -0.137. The molecule has 3 rings (SSSR count). The highest BCUT2D eigenvalue weighted by atomic mass is 16.5. The summed E-state index contributed by atoms with van der Waals surface area (Å²) < 4.78 is 16.1. The first-order chi connectivity index (χ1) is 13.5. The van der Waals surface area contributed by atoms with E-state index in [9.17, 15) is 9.59 Å². The topological polar surface area (TPSA) is 77.1 Å². The SMILES string of the molecule is COc1cc(C(C)NC(=O)C2CCCN(C(=O)C3CC3)C2)cc(OC)c1OC. The van der Waals surface area contributed by atoms with Crippen molar-refractivity contribution in [2.75, 3.05) is 34.4 Å². The molecule has 1 aliphatic heterocycles. The van der Waals surface area contributed by atoms with Crippen LogP contribution in [-0.2, 0) is 9.59 Å². The Bertz CT molecular complexity index is 707.